The Kier molecular flexibility index (Phi) is 26.5. The fourth-order valence-corrected chi connectivity index (χ4v) is 6.58. The lowest BCUT2D eigenvalue weighted by Gasteiger charge is -2.32. The molecule has 358 valence electrons. The number of amides is 6. The van der Waals surface area contributed by atoms with Gasteiger partial charge in [-0.3, -0.25) is 33.6 Å². The zero-order valence-electron chi connectivity index (χ0n) is 37.7. The van der Waals surface area contributed by atoms with Crippen molar-refractivity contribution in [3.8, 4) is 0 Å². The van der Waals surface area contributed by atoms with Crippen molar-refractivity contribution in [1.82, 2.24) is 31.3 Å². The lowest BCUT2D eigenvalue weighted by Crippen LogP contribution is -2.51. The van der Waals surface area contributed by atoms with Gasteiger partial charge in [0.05, 0.1) is 46.2 Å². The Hall–Kier alpha value is -4.54. The first-order chi connectivity index (χ1) is 30.3. The third kappa shape index (κ3) is 19.4. The van der Waals surface area contributed by atoms with Gasteiger partial charge in [-0.05, 0) is 52.4 Å². The molecule has 63 heavy (non-hydrogen) atoms. The summed E-state index contributed by atoms with van der Waals surface area (Å²) in [7, 11) is 0. The normalized spacial score (nSPS) is 18.6. The summed E-state index contributed by atoms with van der Waals surface area (Å²) in [4.78, 5) is 103. The Morgan fingerprint density at radius 3 is 2.00 bits per heavy atom. The molecule has 0 aromatic carbocycles. The molecule has 2 aliphatic heterocycles. The van der Waals surface area contributed by atoms with Crippen molar-refractivity contribution in [3.05, 3.63) is 12.2 Å². The molecule has 6 amide bonds. The number of ether oxygens (including phenoxy) is 7. The second-order valence-corrected chi connectivity index (χ2v) is 14.8. The van der Waals surface area contributed by atoms with Crippen molar-refractivity contribution in [2.24, 2.45) is 0 Å². The molecule has 0 saturated carbocycles. The predicted molar refractivity (Wildman–Crippen MR) is 225 cm³/mol. The molecular formula is C42H70N6O15. The van der Waals surface area contributed by atoms with E-state index in [4.69, 9.17) is 33.2 Å². The summed E-state index contributed by atoms with van der Waals surface area (Å²) in [5, 5.41) is 8.74. The van der Waals surface area contributed by atoms with Crippen molar-refractivity contribution < 1.29 is 71.5 Å². The summed E-state index contributed by atoms with van der Waals surface area (Å²) in [6, 6.07) is -1.10. The van der Waals surface area contributed by atoms with E-state index in [1.54, 1.807) is 18.7 Å². The summed E-state index contributed by atoms with van der Waals surface area (Å²) in [5.74, 6) is -4.59. The van der Waals surface area contributed by atoms with Gasteiger partial charge >= 0.3 is 11.9 Å². The van der Waals surface area contributed by atoms with Crippen molar-refractivity contribution in [2.45, 2.75) is 110 Å². The van der Waals surface area contributed by atoms with Crippen LogP contribution >= 0.6 is 0 Å². The maximum atomic E-state index is 13.7. The number of hydrogen-bond donors (Lipinski definition) is 4. The van der Waals surface area contributed by atoms with Gasteiger partial charge in [0.25, 0.3) is 17.7 Å². The van der Waals surface area contributed by atoms with Crippen LogP contribution in [-0.4, -0.2) is 173 Å². The highest BCUT2D eigenvalue weighted by atomic mass is 16.6. The topological polar surface area (TPSA) is 256 Å². The van der Waals surface area contributed by atoms with Crippen LogP contribution < -0.4 is 21.4 Å². The van der Waals surface area contributed by atoms with Crippen LogP contribution in [0.3, 0.4) is 0 Å². The van der Waals surface area contributed by atoms with Crippen molar-refractivity contribution >= 4 is 47.4 Å². The SMILES string of the molecule is CCCCCN(CC)C(=O)C1(CC)C[C@](CC)(OC(=O)CNC(=O)C(CCCCNC(=O)COCCOCC)NC(=O)COCCOCCOCCNN2C(=O)C=CC2=O)C(=O)O1. The van der Waals surface area contributed by atoms with Crippen LogP contribution in [0.5, 0.6) is 0 Å². The average molecular weight is 899 g/mol. The fraction of sp³-hybridized carbons (Fsp3) is 0.762. The fourth-order valence-electron chi connectivity index (χ4n) is 6.58. The van der Waals surface area contributed by atoms with Gasteiger partial charge in [0.15, 0.2) is 5.60 Å². The number of unbranched alkanes of at least 4 members (excludes halogenated alkanes) is 3. The zero-order chi connectivity index (χ0) is 46.5. The molecule has 0 bridgehead atoms. The van der Waals surface area contributed by atoms with Gasteiger partial charge in [0.1, 0.15) is 25.8 Å². The number of cyclic esters (lactones) is 1. The number of nitrogens with one attached hydrogen (secondary N) is 4. The maximum absolute atomic E-state index is 13.7. The second-order valence-electron chi connectivity index (χ2n) is 14.8. The summed E-state index contributed by atoms with van der Waals surface area (Å²) in [5.41, 5.74) is -0.563. The monoisotopic (exact) mass is 898 g/mol. The number of imide groups is 1. The van der Waals surface area contributed by atoms with Crippen LogP contribution in [0.1, 0.15) is 92.4 Å². The lowest BCUT2D eigenvalue weighted by molar-refractivity contribution is -0.175. The Labute approximate surface area is 370 Å². The van der Waals surface area contributed by atoms with Gasteiger partial charge in [0.2, 0.25) is 23.3 Å². The summed E-state index contributed by atoms with van der Waals surface area (Å²) in [6.07, 6.45) is 6.13. The molecule has 2 rings (SSSR count). The number of hydrazine groups is 1. The summed E-state index contributed by atoms with van der Waals surface area (Å²) < 4.78 is 38.1. The van der Waals surface area contributed by atoms with Gasteiger partial charge in [-0.15, -0.1) is 0 Å². The molecular weight excluding hydrogens is 828 g/mol. The molecule has 0 radical (unpaired) electrons. The highest BCUT2D eigenvalue weighted by molar-refractivity contribution is 6.12. The molecule has 0 spiro atoms. The Bertz CT molecular complexity index is 1500. The molecule has 2 unspecified atom stereocenters. The largest absolute Gasteiger partial charge is 0.446 e. The number of hydrogen-bond acceptors (Lipinski definition) is 16. The average Bonchev–Trinajstić information content (AvgIpc) is 3.75. The van der Waals surface area contributed by atoms with Crippen LogP contribution in [-0.2, 0) is 71.5 Å². The van der Waals surface area contributed by atoms with Gasteiger partial charge in [0, 0.05) is 51.4 Å². The standard InChI is InChI=1S/C42H70N6O15/c1-6-11-14-20-47(9-4)39(55)41(7-2)31-42(8-3,40(56)63-41)62-37(53)28-44-38(54)32(15-12-13-18-43-33(49)29-60-26-22-57-10-5)46-34(50)30-61-27-25-59-24-23-58-21-19-45-48-35(51)16-17-36(48)52/h16-17,32,45H,6-15,18-31H2,1-5H3,(H,43,49)(H,44,54)(H,46,50)/t32?,41?,42-/m0/s1. The zero-order valence-corrected chi connectivity index (χ0v) is 37.7. The number of nitrogens with zero attached hydrogens (tertiary/aromatic N) is 2. The molecule has 1 saturated heterocycles. The number of carbonyl (C=O) groups is 8. The smallest absolute Gasteiger partial charge is 0.351 e. The van der Waals surface area contributed by atoms with E-state index in [1.165, 1.54) is 12.2 Å². The van der Waals surface area contributed by atoms with Gasteiger partial charge in [-0.2, -0.15) is 0 Å². The van der Waals surface area contributed by atoms with Gasteiger partial charge in [-0.25, -0.2) is 15.2 Å². The molecule has 21 nitrogen and oxygen atoms in total. The van der Waals surface area contributed by atoms with E-state index in [0.717, 1.165) is 24.3 Å². The Morgan fingerprint density at radius 1 is 0.746 bits per heavy atom. The van der Waals surface area contributed by atoms with Gasteiger partial charge in [-0.1, -0.05) is 33.6 Å². The minimum atomic E-state index is -1.73. The molecule has 21 heteroatoms. The maximum Gasteiger partial charge on any atom is 0.351 e. The van der Waals surface area contributed by atoms with Crippen LogP contribution in [0.15, 0.2) is 12.2 Å². The van der Waals surface area contributed by atoms with Crippen LogP contribution in [0, 0.1) is 0 Å². The molecule has 2 aliphatic rings. The van der Waals surface area contributed by atoms with Crippen molar-refractivity contribution in [2.75, 3.05) is 98.8 Å². The lowest BCUT2D eigenvalue weighted by atomic mass is 9.85. The van der Waals surface area contributed by atoms with Crippen LogP contribution in [0.4, 0.5) is 0 Å². The van der Waals surface area contributed by atoms with E-state index in [9.17, 15) is 38.4 Å². The number of esters is 2. The van der Waals surface area contributed by atoms with E-state index >= 15 is 0 Å². The minimum absolute atomic E-state index is 0.0407. The van der Waals surface area contributed by atoms with Crippen molar-refractivity contribution in [1.29, 1.82) is 0 Å². The third-order valence-electron chi connectivity index (χ3n) is 10.2. The summed E-state index contributed by atoms with van der Waals surface area (Å²) in [6.45, 7) is 11.6. The molecule has 0 aromatic rings. The van der Waals surface area contributed by atoms with Crippen molar-refractivity contribution in [3.63, 3.8) is 0 Å². The quantitative estimate of drug-likeness (QED) is 0.0373. The molecule has 3 atom stereocenters. The highest BCUT2D eigenvalue weighted by Gasteiger charge is 2.62. The van der Waals surface area contributed by atoms with E-state index in [0.29, 0.717) is 39.1 Å². The first kappa shape index (κ1) is 54.6. The summed E-state index contributed by atoms with van der Waals surface area (Å²) >= 11 is 0. The number of likely N-dealkylation sites (N-methyl/N-ethyl adjacent to an activating group) is 1. The van der Waals surface area contributed by atoms with E-state index in [-0.39, 0.29) is 96.8 Å². The molecule has 1 fully saturated rings. The molecule has 4 N–H and O–H groups in total. The molecule has 0 aromatic heterocycles. The predicted octanol–water partition coefficient (Wildman–Crippen LogP) is 0.233. The first-order valence-electron chi connectivity index (χ1n) is 22.1. The van der Waals surface area contributed by atoms with E-state index in [2.05, 4.69) is 28.3 Å². The second kappa shape index (κ2) is 30.5. The van der Waals surface area contributed by atoms with Gasteiger partial charge < -0.3 is 54.0 Å². The Balaban J connectivity index is 1.88. The minimum Gasteiger partial charge on any atom is -0.446 e. The molecule has 2 heterocycles. The number of rotatable bonds is 36. The highest BCUT2D eigenvalue weighted by Crippen LogP contribution is 2.42. The third-order valence-corrected chi connectivity index (χ3v) is 10.2. The molecule has 0 aliphatic carbocycles. The van der Waals surface area contributed by atoms with E-state index < -0.39 is 66.0 Å². The first-order valence-corrected chi connectivity index (χ1v) is 22.1. The number of carbonyl (C=O) groups excluding carboxylic acids is 8. The van der Waals surface area contributed by atoms with Crippen LogP contribution in [0.2, 0.25) is 0 Å². The Morgan fingerprint density at radius 2 is 1.38 bits per heavy atom. The van der Waals surface area contributed by atoms with E-state index in [1.807, 2.05) is 13.8 Å². The van der Waals surface area contributed by atoms with Crippen LogP contribution in [0.25, 0.3) is 0 Å².